The first kappa shape index (κ1) is 13.4. The van der Waals surface area contributed by atoms with Crippen LogP contribution < -0.4 is 5.73 Å². The molecule has 100 valence electrons. The van der Waals surface area contributed by atoms with E-state index in [0.717, 1.165) is 5.69 Å². The van der Waals surface area contributed by atoms with Gasteiger partial charge in [0.05, 0.1) is 0 Å². The van der Waals surface area contributed by atoms with Crippen molar-refractivity contribution in [3.8, 4) is 0 Å². The third kappa shape index (κ3) is 4.02. The summed E-state index contributed by atoms with van der Waals surface area (Å²) in [6.07, 6.45) is 6.87. The van der Waals surface area contributed by atoms with E-state index in [2.05, 4.69) is 24.0 Å². The van der Waals surface area contributed by atoms with Crippen LogP contribution in [0, 0.1) is 0 Å². The van der Waals surface area contributed by atoms with E-state index in [1.165, 1.54) is 57.3 Å². The second-order valence-electron chi connectivity index (χ2n) is 5.61. The Bertz CT molecular complexity index is 337. The van der Waals surface area contributed by atoms with E-state index >= 15 is 0 Å². The van der Waals surface area contributed by atoms with Gasteiger partial charge in [-0.2, -0.15) is 0 Å². The minimum absolute atomic E-state index is 0.633. The average molecular weight is 246 g/mol. The van der Waals surface area contributed by atoms with Gasteiger partial charge >= 0.3 is 0 Å². The number of hydrogen-bond donors (Lipinski definition) is 1. The molecule has 0 radical (unpaired) electrons. The predicted octanol–water partition coefficient (Wildman–Crippen LogP) is 3.64. The van der Waals surface area contributed by atoms with Gasteiger partial charge in [0.25, 0.3) is 0 Å². The van der Waals surface area contributed by atoms with E-state index in [1.807, 2.05) is 12.1 Å². The van der Waals surface area contributed by atoms with Crippen molar-refractivity contribution < 1.29 is 0 Å². The molecule has 0 aromatic heterocycles. The summed E-state index contributed by atoms with van der Waals surface area (Å²) in [5.41, 5.74) is 8.00. The lowest BCUT2D eigenvalue weighted by atomic mass is 9.97. The molecule has 1 fully saturated rings. The maximum absolute atomic E-state index is 5.73. The van der Waals surface area contributed by atoms with Gasteiger partial charge in [-0.1, -0.05) is 31.9 Å². The molecule has 2 N–H and O–H groups in total. The first-order chi connectivity index (χ1) is 8.75. The molecule has 1 saturated heterocycles. The van der Waals surface area contributed by atoms with Crippen molar-refractivity contribution >= 4 is 5.69 Å². The zero-order valence-corrected chi connectivity index (χ0v) is 11.6. The maximum Gasteiger partial charge on any atom is 0.0314 e. The lowest BCUT2D eigenvalue weighted by Gasteiger charge is -2.22. The van der Waals surface area contributed by atoms with Gasteiger partial charge in [0.1, 0.15) is 0 Å². The first-order valence-corrected chi connectivity index (χ1v) is 7.33. The second kappa shape index (κ2) is 6.79. The van der Waals surface area contributed by atoms with Gasteiger partial charge in [-0.05, 0) is 62.5 Å². The van der Waals surface area contributed by atoms with Crippen LogP contribution >= 0.6 is 0 Å². The molecule has 1 aromatic carbocycles. The van der Waals surface area contributed by atoms with E-state index in [0.29, 0.717) is 5.92 Å². The lowest BCUT2D eigenvalue weighted by molar-refractivity contribution is 0.275. The maximum atomic E-state index is 5.73. The van der Waals surface area contributed by atoms with Crippen molar-refractivity contribution in [3.63, 3.8) is 0 Å². The minimum atomic E-state index is 0.633. The molecule has 1 heterocycles. The quantitative estimate of drug-likeness (QED) is 0.822. The Labute approximate surface area is 111 Å². The van der Waals surface area contributed by atoms with Crippen molar-refractivity contribution in [2.45, 2.75) is 44.9 Å². The molecule has 1 unspecified atom stereocenters. The van der Waals surface area contributed by atoms with Gasteiger partial charge in [-0.15, -0.1) is 0 Å². The van der Waals surface area contributed by atoms with Crippen LogP contribution in [-0.2, 0) is 0 Å². The van der Waals surface area contributed by atoms with Gasteiger partial charge in [0, 0.05) is 5.69 Å². The number of benzene rings is 1. The Morgan fingerprint density at radius 3 is 2.28 bits per heavy atom. The number of nitrogens with zero attached hydrogens (tertiary/aromatic N) is 1. The predicted molar refractivity (Wildman–Crippen MR) is 78.8 cm³/mol. The van der Waals surface area contributed by atoms with Gasteiger partial charge < -0.3 is 10.6 Å². The summed E-state index contributed by atoms with van der Waals surface area (Å²) in [4.78, 5) is 2.64. The summed E-state index contributed by atoms with van der Waals surface area (Å²) in [5.74, 6) is 0.633. The lowest BCUT2D eigenvalue weighted by Crippen LogP contribution is -2.26. The number of likely N-dealkylation sites (tertiary alicyclic amines) is 1. The van der Waals surface area contributed by atoms with Gasteiger partial charge in [-0.25, -0.2) is 0 Å². The highest BCUT2D eigenvalue weighted by Gasteiger charge is 2.11. The molecular weight excluding hydrogens is 220 g/mol. The number of hydrogen-bond acceptors (Lipinski definition) is 2. The fraction of sp³-hybridized carbons (Fsp3) is 0.625. The van der Waals surface area contributed by atoms with Crippen LogP contribution in [0.5, 0.6) is 0 Å². The van der Waals surface area contributed by atoms with Crippen molar-refractivity contribution in [1.29, 1.82) is 0 Å². The largest absolute Gasteiger partial charge is 0.399 e. The molecular formula is C16H26N2. The Hall–Kier alpha value is -1.02. The minimum Gasteiger partial charge on any atom is -0.399 e. The SMILES string of the molecule is CC(CCN1CCCCCC1)c1ccc(N)cc1. The molecule has 0 amide bonds. The average Bonchev–Trinajstić information content (AvgIpc) is 2.65. The highest BCUT2D eigenvalue weighted by atomic mass is 15.1. The molecule has 1 aliphatic heterocycles. The summed E-state index contributed by atoms with van der Waals surface area (Å²) < 4.78 is 0. The zero-order valence-electron chi connectivity index (χ0n) is 11.6. The number of nitrogens with two attached hydrogens (primary N) is 1. The Kier molecular flexibility index (Phi) is 5.06. The van der Waals surface area contributed by atoms with E-state index in [4.69, 9.17) is 5.73 Å². The smallest absolute Gasteiger partial charge is 0.0314 e. The van der Waals surface area contributed by atoms with E-state index in [1.54, 1.807) is 0 Å². The molecule has 0 bridgehead atoms. The van der Waals surface area contributed by atoms with Crippen LogP contribution in [0.4, 0.5) is 5.69 Å². The summed E-state index contributed by atoms with van der Waals surface area (Å²) in [7, 11) is 0. The van der Waals surface area contributed by atoms with E-state index in [9.17, 15) is 0 Å². The third-order valence-corrected chi connectivity index (χ3v) is 4.08. The van der Waals surface area contributed by atoms with Crippen LogP contribution in [0.15, 0.2) is 24.3 Å². The Morgan fingerprint density at radius 2 is 1.67 bits per heavy atom. The topological polar surface area (TPSA) is 29.3 Å². The molecule has 0 spiro atoms. The first-order valence-electron chi connectivity index (χ1n) is 7.33. The molecule has 18 heavy (non-hydrogen) atoms. The Morgan fingerprint density at radius 1 is 1.06 bits per heavy atom. The van der Waals surface area contributed by atoms with Gasteiger partial charge in [-0.3, -0.25) is 0 Å². The summed E-state index contributed by atoms with van der Waals surface area (Å²) >= 11 is 0. The number of nitrogen functional groups attached to an aromatic ring is 1. The fourth-order valence-corrected chi connectivity index (χ4v) is 2.73. The molecule has 2 heteroatoms. The molecule has 2 rings (SSSR count). The van der Waals surface area contributed by atoms with Crippen molar-refractivity contribution in [2.24, 2.45) is 0 Å². The standard InChI is InChI=1S/C16H26N2/c1-14(15-6-8-16(17)9-7-15)10-13-18-11-4-2-3-5-12-18/h6-9,14H,2-5,10-13,17H2,1H3. The highest BCUT2D eigenvalue weighted by Crippen LogP contribution is 2.21. The second-order valence-corrected chi connectivity index (χ2v) is 5.61. The van der Waals surface area contributed by atoms with Crippen LogP contribution in [0.1, 0.15) is 50.5 Å². The monoisotopic (exact) mass is 246 g/mol. The van der Waals surface area contributed by atoms with Crippen molar-refractivity contribution in [2.75, 3.05) is 25.4 Å². The zero-order chi connectivity index (χ0) is 12.8. The third-order valence-electron chi connectivity index (χ3n) is 4.08. The van der Waals surface area contributed by atoms with Crippen LogP contribution in [0.25, 0.3) is 0 Å². The summed E-state index contributed by atoms with van der Waals surface area (Å²) in [5, 5.41) is 0. The molecule has 0 aliphatic carbocycles. The number of rotatable bonds is 4. The Balaban J connectivity index is 1.80. The summed E-state index contributed by atoms with van der Waals surface area (Å²) in [6.45, 7) is 6.16. The molecule has 1 aromatic rings. The van der Waals surface area contributed by atoms with Crippen molar-refractivity contribution in [3.05, 3.63) is 29.8 Å². The molecule has 1 aliphatic rings. The van der Waals surface area contributed by atoms with Gasteiger partial charge in [0.15, 0.2) is 0 Å². The van der Waals surface area contributed by atoms with Crippen molar-refractivity contribution in [1.82, 2.24) is 4.90 Å². The summed E-state index contributed by atoms with van der Waals surface area (Å²) in [6, 6.07) is 8.36. The van der Waals surface area contributed by atoms with E-state index in [-0.39, 0.29) is 0 Å². The van der Waals surface area contributed by atoms with Crippen LogP contribution in [-0.4, -0.2) is 24.5 Å². The molecule has 0 saturated carbocycles. The normalized spacial score (nSPS) is 19.4. The van der Waals surface area contributed by atoms with E-state index < -0.39 is 0 Å². The molecule has 1 atom stereocenters. The molecule has 2 nitrogen and oxygen atoms in total. The fourth-order valence-electron chi connectivity index (χ4n) is 2.73. The van der Waals surface area contributed by atoms with Gasteiger partial charge in [0.2, 0.25) is 0 Å². The van der Waals surface area contributed by atoms with Crippen LogP contribution in [0.2, 0.25) is 0 Å². The van der Waals surface area contributed by atoms with Crippen LogP contribution in [0.3, 0.4) is 0 Å². The highest BCUT2D eigenvalue weighted by molar-refractivity contribution is 5.40. The number of anilines is 1.